The average Bonchev–Trinajstić information content (AvgIpc) is 2.42. The van der Waals surface area contributed by atoms with Crippen LogP contribution in [-0.4, -0.2) is 19.8 Å². The van der Waals surface area contributed by atoms with Crippen molar-refractivity contribution < 1.29 is 9.13 Å². The van der Waals surface area contributed by atoms with E-state index in [0.717, 1.165) is 19.3 Å². The maximum atomic E-state index is 14.1. The summed E-state index contributed by atoms with van der Waals surface area (Å²) >= 11 is 0. The highest BCUT2D eigenvalue weighted by Crippen LogP contribution is 2.43. The molecule has 1 aromatic carbocycles. The maximum absolute atomic E-state index is 14.1. The zero-order valence-corrected chi connectivity index (χ0v) is 12.1. The topological polar surface area (TPSA) is 21.3 Å². The zero-order valence-electron chi connectivity index (χ0n) is 12.1. The van der Waals surface area contributed by atoms with Crippen LogP contribution in [0, 0.1) is 11.7 Å². The second-order valence-corrected chi connectivity index (χ2v) is 5.71. The third-order valence-corrected chi connectivity index (χ3v) is 4.43. The first-order valence-electron chi connectivity index (χ1n) is 7.10. The van der Waals surface area contributed by atoms with Gasteiger partial charge in [-0.15, -0.1) is 0 Å². The number of rotatable bonds is 4. The van der Waals surface area contributed by atoms with Gasteiger partial charge in [0.05, 0.1) is 11.6 Å². The van der Waals surface area contributed by atoms with E-state index in [0.29, 0.717) is 11.5 Å². The summed E-state index contributed by atoms with van der Waals surface area (Å²) in [5.74, 6) is 0.466. The Hall–Kier alpha value is -0.930. The number of hydrogen-bond acceptors (Lipinski definition) is 2. The van der Waals surface area contributed by atoms with E-state index in [-0.39, 0.29) is 17.5 Å². The second kappa shape index (κ2) is 6.02. The molecule has 0 heterocycles. The Morgan fingerprint density at radius 1 is 1.42 bits per heavy atom. The fraction of sp³-hybridized carbons (Fsp3) is 0.625. The molecule has 0 aromatic heterocycles. The molecule has 0 bridgehead atoms. The van der Waals surface area contributed by atoms with E-state index in [1.807, 2.05) is 19.2 Å². The molecule has 3 atom stereocenters. The van der Waals surface area contributed by atoms with Gasteiger partial charge in [0.2, 0.25) is 0 Å². The van der Waals surface area contributed by atoms with Crippen molar-refractivity contribution in [2.24, 2.45) is 5.92 Å². The molecular formula is C16H24FNO. The molecule has 0 amide bonds. The van der Waals surface area contributed by atoms with Gasteiger partial charge >= 0.3 is 0 Å². The van der Waals surface area contributed by atoms with Crippen LogP contribution in [0.1, 0.15) is 44.2 Å². The maximum Gasteiger partial charge on any atom is 0.128 e. The van der Waals surface area contributed by atoms with Gasteiger partial charge in [0.15, 0.2) is 0 Å². The summed E-state index contributed by atoms with van der Waals surface area (Å²) in [5.41, 5.74) is 0.412. The highest BCUT2D eigenvalue weighted by molar-refractivity contribution is 5.25. The van der Waals surface area contributed by atoms with E-state index in [2.05, 4.69) is 12.2 Å². The Morgan fingerprint density at radius 3 is 2.74 bits per heavy atom. The number of halogens is 1. The molecule has 106 valence electrons. The van der Waals surface area contributed by atoms with Crippen molar-refractivity contribution in [3.05, 3.63) is 35.6 Å². The molecule has 1 fully saturated rings. The third kappa shape index (κ3) is 2.82. The number of ether oxygens (including phenoxy) is 1. The second-order valence-electron chi connectivity index (χ2n) is 5.71. The average molecular weight is 265 g/mol. The smallest absolute Gasteiger partial charge is 0.128 e. The van der Waals surface area contributed by atoms with Gasteiger partial charge in [0.25, 0.3) is 0 Å². The lowest BCUT2D eigenvalue weighted by Gasteiger charge is -2.44. The van der Waals surface area contributed by atoms with Crippen LogP contribution >= 0.6 is 0 Å². The van der Waals surface area contributed by atoms with Gasteiger partial charge < -0.3 is 10.1 Å². The largest absolute Gasteiger partial charge is 0.376 e. The molecule has 1 N–H and O–H groups in total. The van der Waals surface area contributed by atoms with Crippen molar-refractivity contribution in [2.45, 2.75) is 44.2 Å². The molecule has 0 aliphatic heterocycles. The number of likely N-dealkylation sites (N-methyl/N-ethyl adjacent to an activating group) is 1. The number of methoxy groups -OCH3 is 1. The van der Waals surface area contributed by atoms with E-state index < -0.39 is 0 Å². The fourth-order valence-corrected chi connectivity index (χ4v) is 3.52. The van der Waals surface area contributed by atoms with Crippen LogP contribution in [0.4, 0.5) is 4.39 Å². The lowest BCUT2D eigenvalue weighted by Crippen LogP contribution is -2.47. The molecular weight excluding hydrogens is 241 g/mol. The summed E-state index contributed by atoms with van der Waals surface area (Å²) < 4.78 is 20.0. The van der Waals surface area contributed by atoms with Gasteiger partial charge in [0, 0.05) is 12.7 Å². The summed E-state index contributed by atoms with van der Waals surface area (Å²) in [4.78, 5) is 0. The van der Waals surface area contributed by atoms with Crippen LogP contribution in [0.25, 0.3) is 0 Å². The molecule has 0 saturated heterocycles. The van der Waals surface area contributed by atoms with Crippen LogP contribution in [0.2, 0.25) is 0 Å². The first-order chi connectivity index (χ1) is 9.13. The molecule has 0 radical (unpaired) electrons. The van der Waals surface area contributed by atoms with E-state index in [1.165, 1.54) is 12.5 Å². The minimum atomic E-state index is -0.297. The molecule has 2 nitrogen and oxygen atoms in total. The summed E-state index contributed by atoms with van der Waals surface area (Å²) in [6, 6.07) is 6.90. The number of benzene rings is 1. The molecule has 0 spiro atoms. The lowest BCUT2D eigenvalue weighted by atomic mass is 9.72. The monoisotopic (exact) mass is 265 g/mol. The van der Waals surface area contributed by atoms with E-state index in [9.17, 15) is 4.39 Å². The van der Waals surface area contributed by atoms with Crippen molar-refractivity contribution in [1.82, 2.24) is 5.32 Å². The Balaban J connectivity index is 2.36. The summed E-state index contributed by atoms with van der Waals surface area (Å²) in [5, 5.41) is 3.28. The van der Waals surface area contributed by atoms with Gasteiger partial charge in [-0.25, -0.2) is 4.39 Å². The molecule has 2 rings (SSSR count). The molecule has 3 heteroatoms. The van der Waals surface area contributed by atoms with Gasteiger partial charge in [-0.3, -0.25) is 0 Å². The van der Waals surface area contributed by atoms with Crippen molar-refractivity contribution in [3.63, 3.8) is 0 Å². The van der Waals surface area contributed by atoms with Crippen molar-refractivity contribution >= 4 is 0 Å². The van der Waals surface area contributed by atoms with Gasteiger partial charge in [-0.1, -0.05) is 38.0 Å². The van der Waals surface area contributed by atoms with Gasteiger partial charge in [-0.05, 0) is 31.9 Å². The zero-order chi connectivity index (χ0) is 13.9. The van der Waals surface area contributed by atoms with Crippen LogP contribution in [0.15, 0.2) is 24.3 Å². The third-order valence-electron chi connectivity index (χ3n) is 4.43. The molecule has 1 aliphatic carbocycles. The summed E-state index contributed by atoms with van der Waals surface area (Å²) in [7, 11) is 3.64. The van der Waals surface area contributed by atoms with Crippen LogP contribution < -0.4 is 5.32 Å². The fourth-order valence-electron chi connectivity index (χ4n) is 3.52. The van der Waals surface area contributed by atoms with Crippen molar-refractivity contribution in [2.75, 3.05) is 14.2 Å². The van der Waals surface area contributed by atoms with E-state index >= 15 is 0 Å². The Bertz CT molecular complexity index is 423. The standard InChI is InChI=1S/C16H24FNO/c1-12-7-6-10-16(11-12,19-3)15(18-2)13-8-4-5-9-14(13)17/h4-5,8-9,12,15,18H,6-7,10-11H2,1-3H3. The SMILES string of the molecule is CNC(c1ccccc1F)C1(OC)CCCC(C)C1. The van der Waals surface area contributed by atoms with Crippen LogP contribution in [0.5, 0.6) is 0 Å². The Labute approximate surface area is 115 Å². The highest BCUT2D eigenvalue weighted by Gasteiger charge is 2.43. The highest BCUT2D eigenvalue weighted by atomic mass is 19.1. The first kappa shape index (κ1) is 14.5. The quantitative estimate of drug-likeness (QED) is 0.896. The van der Waals surface area contributed by atoms with Crippen molar-refractivity contribution in [1.29, 1.82) is 0 Å². The molecule has 1 aromatic rings. The number of hydrogen-bond donors (Lipinski definition) is 1. The molecule has 3 unspecified atom stereocenters. The molecule has 1 saturated carbocycles. The summed E-state index contributed by atoms with van der Waals surface area (Å²) in [6.07, 6.45) is 4.33. The van der Waals surface area contributed by atoms with E-state index in [1.54, 1.807) is 13.2 Å². The normalized spacial score (nSPS) is 29.2. The minimum absolute atomic E-state index is 0.0959. The molecule has 1 aliphatic rings. The first-order valence-corrected chi connectivity index (χ1v) is 7.10. The van der Waals surface area contributed by atoms with Gasteiger partial charge in [0.1, 0.15) is 5.82 Å². The Kier molecular flexibility index (Phi) is 4.58. The minimum Gasteiger partial charge on any atom is -0.376 e. The van der Waals surface area contributed by atoms with Gasteiger partial charge in [-0.2, -0.15) is 0 Å². The predicted octanol–water partition coefficient (Wildman–Crippen LogP) is 3.68. The number of nitrogens with one attached hydrogen (secondary N) is 1. The Morgan fingerprint density at radius 2 is 2.16 bits per heavy atom. The van der Waals surface area contributed by atoms with E-state index in [4.69, 9.17) is 4.74 Å². The predicted molar refractivity (Wildman–Crippen MR) is 75.6 cm³/mol. The lowest BCUT2D eigenvalue weighted by molar-refractivity contribution is -0.0797. The van der Waals surface area contributed by atoms with Crippen molar-refractivity contribution in [3.8, 4) is 0 Å². The van der Waals surface area contributed by atoms with Crippen LogP contribution in [-0.2, 0) is 4.74 Å². The summed E-state index contributed by atoms with van der Waals surface area (Å²) in [6.45, 7) is 2.25. The molecule has 19 heavy (non-hydrogen) atoms. The van der Waals surface area contributed by atoms with Crippen LogP contribution in [0.3, 0.4) is 0 Å².